The van der Waals surface area contributed by atoms with Crippen LogP contribution in [0.4, 0.5) is 0 Å². The van der Waals surface area contributed by atoms with Crippen molar-refractivity contribution < 1.29 is 38.2 Å². The molecule has 236 valence electrons. The van der Waals surface area contributed by atoms with Gasteiger partial charge in [0.05, 0.1) is 48.0 Å². The molecule has 1 heterocycles. The number of aromatic nitrogens is 2. The van der Waals surface area contributed by atoms with Gasteiger partial charge in [0.25, 0.3) is 0 Å². The van der Waals surface area contributed by atoms with E-state index in [2.05, 4.69) is 24.3 Å². The molecule has 0 saturated heterocycles. The molecule has 6 rings (SSSR count). The van der Waals surface area contributed by atoms with Crippen molar-refractivity contribution in [1.82, 2.24) is 9.97 Å². The average Bonchev–Trinajstić information content (AvgIpc) is 3.02. The van der Waals surface area contributed by atoms with Crippen LogP contribution in [-0.4, -0.2) is 55.1 Å². The van der Waals surface area contributed by atoms with Gasteiger partial charge in [-0.05, 0) is 107 Å². The van der Waals surface area contributed by atoms with Crippen molar-refractivity contribution in [2.75, 3.05) is 25.5 Å². The largest absolute Gasteiger partial charge is 0.494 e. The van der Waals surface area contributed by atoms with Gasteiger partial charge in [0, 0.05) is 11.1 Å². The van der Waals surface area contributed by atoms with Gasteiger partial charge in [-0.3, -0.25) is 9.13 Å². The molecule has 0 aliphatic heterocycles. The van der Waals surface area contributed by atoms with Crippen molar-refractivity contribution >= 4 is 47.8 Å². The smallest absolute Gasteiger partial charge is 0.325 e. The Bertz CT molecular complexity index is 1960. The minimum Gasteiger partial charge on any atom is -0.494 e. The van der Waals surface area contributed by atoms with E-state index in [1.807, 2.05) is 48.5 Å². The molecule has 10 nitrogen and oxygen atoms in total. The first-order chi connectivity index (χ1) is 22.0. The third-order valence-electron chi connectivity index (χ3n) is 7.47. The van der Waals surface area contributed by atoms with Crippen LogP contribution in [0.1, 0.15) is 12.8 Å². The molecule has 12 heteroatoms. The number of rotatable bonds is 12. The summed E-state index contributed by atoms with van der Waals surface area (Å²) < 4.78 is 33.6. The second-order valence-electron chi connectivity index (χ2n) is 11.0. The molecule has 0 fully saturated rings. The monoisotopic (exact) mass is 658 g/mol. The summed E-state index contributed by atoms with van der Waals surface area (Å²) in [6.07, 6.45) is 0.00353. The van der Waals surface area contributed by atoms with Crippen LogP contribution in [0.2, 0.25) is 0 Å². The van der Waals surface area contributed by atoms with Crippen LogP contribution in [-0.2, 0) is 9.13 Å². The summed E-state index contributed by atoms with van der Waals surface area (Å²) in [5.74, 6) is 1.14. The van der Waals surface area contributed by atoms with E-state index in [1.54, 1.807) is 24.3 Å². The molecule has 0 radical (unpaired) electrons. The van der Waals surface area contributed by atoms with Crippen molar-refractivity contribution in [3.63, 3.8) is 0 Å². The van der Waals surface area contributed by atoms with Gasteiger partial charge >= 0.3 is 15.2 Å². The topological polar surface area (TPSA) is 159 Å². The number of hydrogen-bond donors (Lipinski definition) is 4. The Morgan fingerprint density at radius 2 is 0.913 bits per heavy atom. The zero-order valence-corrected chi connectivity index (χ0v) is 26.5. The van der Waals surface area contributed by atoms with Crippen LogP contribution in [0.25, 0.3) is 55.1 Å². The quantitative estimate of drug-likeness (QED) is 0.0604. The number of fused-ring (bicyclic) bond motifs is 3. The zero-order valence-electron chi connectivity index (χ0n) is 24.7. The van der Waals surface area contributed by atoms with Crippen molar-refractivity contribution in [3.05, 3.63) is 97.1 Å². The third-order valence-corrected chi connectivity index (χ3v) is 9.27. The first-order valence-corrected chi connectivity index (χ1v) is 18.3. The summed E-state index contributed by atoms with van der Waals surface area (Å²) in [5.41, 5.74) is 4.42. The van der Waals surface area contributed by atoms with Crippen molar-refractivity contribution in [3.8, 4) is 34.0 Å². The summed E-state index contributed by atoms with van der Waals surface area (Å²) in [5, 5.41) is 4.39. The third kappa shape index (κ3) is 7.98. The predicted octanol–water partition coefficient (Wildman–Crippen LogP) is 7.16. The Hall–Kier alpha value is -4.14. The molecule has 4 N–H and O–H groups in total. The van der Waals surface area contributed by atoms with Crippen LogP contribution >= 0.6 is 15.2 Å². The lowest BCUT2D eigenvalue weighted by atomic mass is 10.0. The highest BCUT2D eigenvalue weighted by atomic mass is 31.2. The minimum atomic E-state index is -4.07. The molecule has 5 aromatic carbocycles. The van der Waals surface area contributed by atoms with Crippen LogP contribution in [0.3, 0.4) is 0 Å². The summed E-state index contributed by atoms with van der Waals surface area (Å²) >= 11 is 0. The highest BCUT2D eigenvalue weighted by molar-refractivity contribution is 7.52. The van der Waals surface area contributed by atoms with Gasteiger partial charge in [-0.25, -0.2) is 9.97 Å². The maximum atomic E-state index is 11.1. The lowest BCUT2D eigenvalue weighted by Crippen LogP contribution is -2.01. The van der Waals surface area contributed by atoms with Crippen molar-refractivity contribution in [2.45, 2.75) is 12.8 Å². The van der Waals surface area contributed by atoms with Gasteiger partial charge in [-0.2, -0.15) is 0 Å². The summed E-state index contributed by atoms with van der Waals surface area (Å²) in [6, 6.07) is 31.3. The van der Waals surface area contributed by atoms with E-state index >= 15 is 0 Å². The molecular weight excluding hydrogens is 626 g/mol. The van der Waals surface area contributed by atoms with Gasteiger partial charge in [0.2, 0.25) is 0 Å². The van der Waals surface area contributed by atoms with Crippen molar-refractivity contribution in [2.24, 2.45) is 0 Å². The van der Waals surface area contributed by atoms with E-state index in [9.17, 15) is 9.13 Å². The molecule has 0 saturated carbocycles. The zero-order chi connectivity index (χ0) is 32.3. The number of benzene rings is 5. The Morgan fingerprint density at radius 1 is 0.522 bits per heavy atom. The first kappa shape index (κ1) is 31.8. The normalized spacial score (nSPS) is 12.2. The molecule has 0 aliphatic carbocycles. The molecule has 0 amide bonds. The Balaban J connectivity index is 1.34. The number of hydrogen-bond acceptors (Lipinski definition) is 6. The van der Waals surface area contributed by atoms with Crippen LogP contribution in [0.5, 0.6) is 11.5 Å². The van der Waals surface area contributed by atoms with Gasteiger partial charge < -0.3 is 29.0 Å². The molecule has 0 aliphatic rings. The van der Waals surface area contributed by atoms with E-state index in [-0.39, 0.29) is 38.4 Å². The highest BCUT2D eigenvalue weighted by Gasteiger charge is 2.16. The summed E-state index contributed by atoms with van der Waals surface area (Å²) in [7, 11) is -8.13. The van der Waals surface area contributed by atoms with Gasteiger partial charge in [-0.1, -0.05) is 24.3 Å². The molecular formula is C34H32N2O8P2. The number of ether oxygens (including phenoxy) is 2. The van der Waals surface area contributed by atoms with Gasteiger partial charge in [0.15, 0.2) is 0 Å². The van der Waals surface area contributed by atoms with Gasteiger partial charge in [-0.15, -0.1) is 0 Å². The summed E-state index contributed by atoms with van der Waals surface area (Å²) in [4.78, 5) is 46.5. The summed E-state index contributed by atoms with van der Waals surface area (Å²) in [6.45, 7) is 0.363. The van der Waals surface area contributed by atoms with E-state index < -0.39 is 15.2 Å². The fraction of sp³-hybridized carbons (Fsp3) is 0.176. The lowest BCUT2D eigenvalue weighted by molar-refractivity contribution is 0.309. The lowest BCUT2D eigenvalue weighted by Gasteiger charge is -2.13. The Kier molecular flexibility index (Phi) is 9.20. The first-order valence-electron chi connectivity index (χ1n) is 14.7. The highest BCUT2D eigenvalue weighted by Crippen LogP contribution is 2.37. The minimum absolute atomic E-state index is 0.182. The molecule has 1 aromatic heterocycles. The maximum absolute atomic E-state index is 11.1. The van der Waals surface area contributed by atoms with E-state index in [0.29, 0.717) is 22.9 Å². The molecule has 6 aromatic rings. The predicted molar refractivity (Wildman–Crippen MR) is 179 cm³/mol. The molecule has 46 heavy (non-hydrogen) atoms. The average molecular weight is 659 g/mol. The van der Waals surface area contributed by atoms with Crippen LogP contribution < -0.4 is 9.47 Å². The Morgan fingerprint density at radius 3 is 1.28 bits per heavy atom. The second-order valence-corrected chi connectivity index (χ2v) is 14.6. The van der Waals surface area contributed by atoms with E-state index in [0.717, 1.165) is 43.7 Å². The van der Waals surface area contributed by atoms with E-state index in [4.69, 9.17) is 39.0 Å². The molecule has 0 unspecified atom stereocenters. The number of nitrogens with zero attached hydrogens (tertiary/aromatic N) is 2. The van der Waals surface area contributed by atoms with Crippen molar-refractivity contribution in [1.29, 1.82) is 0 Å². The Labute approximate surface area is 265 Å². The van der Waals surface area contributed by atoms with E-state index in [1.165, 1.54) is 0 Å². The molecule has 0 atom stereocenters. The SMILES string of the molecule is O=P(O)(O)CCCOc1ccc(-c2nc3cc4cc5ccccc5cc4cc3nc2-c2ccc(OCCCP(=O)(O)O)cc2)cc1. The maximum Gasteiger partial charge on any atom is 0.325 e. The van der Waals surface area contributed by atoms with Gasteiger partial charge in [0.1, 0.15) is 11.5 Å². The van der Waals surface area contributed by atoms with Crippen LogP contribution in [0.15, 0.2) is 97.1 Å². The standard InChI is InChI=1S/C34H32N2O8P2/c37-45(38,39)17-3-15-43-29-11-7-23(8-12-29)33-34(24-9-13-30(14-10-24)44-16-4-18-46(40,41)42)36-32-22-28-20-26-6-2-1-5-25(26)19-27(28)21-31(32)35-33/h1-2,5-14,19-22H,3-4,15-18H2,(H2,37,38,39)(H2,40,41,42). The molecule has 0 spiro atoms. The fourth-order valence-electron chi connectivity index (χ4n) is 5.24. The molecule has 0 bridgehead atoms. The fourth-order valence-corrected chi connectivity index (χ4v) is 6.32. The second kappa shape index (κ2) is 13.3. The van der Waals surface area contributed by atoms with Crippen LogP contribution in [0, 0.1) is 0 Å².